The number of likely N-dealkylation sites (tertiary alicyclic amines) is 1. The highest BCUT2D eigenvalue weighted by Crippen LogP contribution is 2.54. The molecule has 3 saturated carbocycles. The van der Waals surface area contributed by atoms with E-state index >= 15 is 0 Å². The van der Waals surface area contributed by atoms with Crippen LogP contribution in [0.15, 0.2) is 24.5 Å². The van der Waals surface area contributed by atoms with Crippen LogP contribution in [0.4, 0.5) is 11.6 Å². The number of hydrogen-bond acceptors (Lipinski definition) is 5. The number of benzene rings is 1. The Bertz CT molecular complexity index is 1210. The minimum atomic E-state index is 0.514. The number of nitrogens with one attached hydrogen (secondary N) is 1. The number of piperidine rings is 1. The zero-order valence-electron chi connectivity index (χ0n) is 19.2. The first kappa shape index (κ1) is 20.2. The molecular formula is C26H31ClN6. The molecule has 3 aliphatic carbocycles. The minimum absolute atomic E-state index is 0.514. The maximum Gasteiger partial charge on any atom is 0.227 e. The van der Waals surface area contributed by atoms with Crippen molar-refractivity contribution in [3.63, 3.8) is 0 Å². The summed E-state index contributed by atoms with van der Waals surface area (Å²) in [5, 5.41) is 9.77. The van der Waals surface area contributed by atoms with Gasteiger partial charge < -0.3 is 10.2 Å². The number of halogens is 1. The van der Waals surface area contributed by atoms with Gasteiger partial charge in [-0.2, -0.15) is 5.10 Å². The van der Waals surface area contributed by atoms with Crippen molar-refractivity contribution >= 4 is 34.1 Å². The van der Waals surface area contributed by atoms with Gasteiger partial charge in [0.25, 0.3) is 0 Å². The van der Waals surface area contributed by atoms with E-state index in [0.29, 0.717) is 17.9 Å². The lowest BCUT2D eigenvalue weighted by atomic mass is 9.88. The standard InChI is InChI=1S/C26H31ClN6/c1-15-24(14-29-33(15)19-3-4-19)31-26-28-13-18-11-22(27)20(12-23(18)30-26)16-6-8-32(9-7-16)25-5-2-17-10-21(17)25/h11-14,16-17,19,21,25H,2-10H2,1H3,(H,28,30,31)/t17-,21+,25?/m1/s1. The van der Waals surface area contributed by atoms with Gasteiger partial charge in [0.15, 0.2) is 0 Å². The summed E-state index contributed by atoms with van der Waals surface area (Å²) in [6.45, 7) is 4.51. The van der Waals surface area contributed by atoms with Gasteiger partial charge in [0, 0.05) is 22.6 Å². The van der Waals surface area contributed by atoms with Gasteiger partial charge in [-0.25, -0.2) is 9.97 Å². The Morgan fingerprint density at radius 2 is 1.88 bits per heavy atom. The van der Waals surface area contributed by atoms with Crippen molar-refractivity contribution in [2.75, 3.05) is 18.4 Å². The Hall–Kier alpha value is -2.18. The molecule has 3 heterocycles. The molecule has 1 saturated heterocycles. The molecule has 1 unspecified atom stereocenters. The molecule has 0 amide bonds. The summed E-state index contributed by atoms with van der Waals surface area (Å²) in [6, 6.07) is 5.67. The van der Waals surface area contributed by atoms with Crippen molar-refractivity contribution in [3.8, 4) is 0 Å². The van der Waals surface area contributed by atoms with Crippen molar-refractivity contribution in [1.82, 2.24) is 24.6 Å². The fourth-order valence-electron chi connectivity index (χ4n) is 6.46. The second-order valence-electron chi connectivity index (χ2n) is 10.7. The van der Waals surface area contributed by atoms with E-state index in [1.165, 1.54) is 63.6 Å². The molecule has 0 spiro atoms. The van der Waals surface area contributed by atoms with Crippen LogP contribution in [0.25, 0.3) is 10.9 Å². The van der Waals surface area contributed by atoms with Crippen LogP contribution < -0.4 is 5.32 Å². The first-order valence-corrected chi connectivity index (χ1v) is 13.0. The second-order valence-corrected chi connectivity index (χ2v) is 11.1. The van der Waals surface area contributed by atoms with Gasteiger partial charge >= 0.3 is 0 Å². The van der Waals surface area contributed by atoms with Crippen molar-refractivity contribution in [2.45, 2.75) is 69.9 Å². The third-order valence-electron chi connectivity index (χ3n) is 8.63. The molecule has 6 nitrogen and oxygen atoms in total. The zero-order chi connectivity index (χ0) is 22.1. The molecular weight excluding hydrogens is 432 g/mol. The molecule has 1 N–H and O–H groups in total. The summed E-state index contributed by atoms with van der Waals surface area (Å²) < 4.78 is 2.11. The lowest BCUT2D eigenvalue weighted by molar-refractivity contribution is 0.140. The lowest BCUT2D eigenvalue weighted by Crippen LogP contribution is -2.41. The number of rotatable bonds is 5. The average molecular weight is 463 g/mol. The van der Waals surface area contributed by atoms with Crippen LogP contribution in [0, 0.1) is 18.8 Å². The molecule has 4 aliphatic rings. The van der Waals surface area contributed by atoms with E-state index in [2.05, 4.69) is 38.0 Å². The van der Waals surface area contributed by atoms with Crippen LogP contribution in [0.5, 0.6) is 0 Å². The zero-order valence-corrected chi connectivity index (χ0v) is 19.9. The highest BCUT2D eigenvalue weighted by Gasteiger charge is 2.50. The summed E-state index contributed by atoms with van der Waals surface area (Å²) in [6.07, 6.45) is 12.9. The summed E-state index contributed by atoms with van der Waals surface area (Å²) in [7, 11) is 0. The first-order valence-electron chi connectivity index (χ1n) is 12.7. The predicted molar refractivity (Wildman–Crippen MR) is 131 cm³/mol. The molecule has 1 aliphatic heterocycles. The Morgan fingerprint density at radius 1 is 1.03 bits per heavy atom. The third-order valence-corrected chi connectivity index (χ3v) is 8.95. The van der Waals surface area contributed by atoms with E-state index in [0.717, 1.165) is 45.2 Å². The Morgan fingerprint density at radius 3 is 2.61 bits per heavy atom. The van der Waals surface area contributed by atoms with Crippen LogP contribution in [0.2, 0.25) is 5.02 Å². The molecule has 1 aromatic carbocycles. The smallest absolute Gasteiger partial charge is 0.227 e. The summed E-state index contributed by atoms with van der Waals surface area (Å²) in [4.78, 5) is 12.2. The van der Waals surface area contributed by atoms with Gasteiger partial charge in [0.1, 0.15) is 0 Å². The van der Waals surface area contributed by atoms with E-state index in [1.807, 2.05) is 18.5 Å². The molecule has 7 rings (SSSR count). The van der Waals surface area contributed by atoms with Crippen molar-refractivity contribution in [2.24, 2.45) is 11.8 Å². The van der Waals surface area contributed by atoms with E-state index in [-0.39, 0.29) is 0 Å². The first-order chi connectivity index (χ1) is 16.1. The SMILES string of the molecule is Cc1c(Nc2ncc3cc(Cl)c(C4CCN(C5CC[C@@H]6C[C@H]56)CC4)cc3n2)cnn1C1CC1. The highest BCUT2D eigenvalue weighted by molar-refractivity contribution is 6.32. The molecule has 7 heteroatoms. The normalized spacial score (nSPS) is 27.8. The number of nitrogens with zero attached hydrogens (tertiary/aromatic N) is 5. The van der Waals surface area contributed by atoms with Crippen molar-refractivity contribution in [1.29, 1.82) is 0 Å². The Labute approximate surface area is 199 Å². The second kappa shape index (κ2) is 7.67. The molecule has 172 valence electrons. The number of hydrogen-bond donors (Lipinski definition) is 1. The summed E-state index contributed by atoms with van der Waals surface area (Å²) in [5.41, 5.74) is 4.33. The monoisotopic (exact) mass is 462 g/mol. The van der Waals surface area contributed by atoms with Gasteiger partial charge in [-0.1, -0.05) is 11.6 Å². The Kier molecular flexibility index (Phi) is 4.70. The average Bonchev–Trinajstić information content (AvgIpc) is 3.75. The van der Waals surface area contributed by atoms with Crippen LogP contribution in [-0.2, 0) is 0 Å². The van der Waals surface area contributed by atoms with E-state index in [9.17, 15) is 0 Å². The fraction of sp³-hybridized carbons (Fsp3) is 0.577. The molecule has 0 bridgehead atoms. The lowest BCUT2D eigenvalue weighted by Gasteiger charge is -2.37. The van der Waals surface area contributed by atoms with E-state index in [4.69, 9.17) is 16.6 Å². The maximum atomic E-state index is 6.76. The largest absolute Gasteiger partial charge is 0.321 e. The van der Waals surface area contributed by atoms with E-state index in [1.54, 1.807) is 0 Å². The summed E-state index contributed by atoms with van der Waals surface area (Å²) in [5.74, 6) is 3.19. The molecule has 0 radical (unpaired) electrons. The maximum absolute atomic E-state index is 6.76. The highest BCUT2D eigenvalue weighted by atomic mass is 35.5. The number of fused-ring (bicyclic) bond motifs is 2. The molecule has 33 heavy (non-hydrogen) atoms. The van der Waals surface area contributed by atoms with Gasteiger partial charge in [-0.05, 0) is 100 Å². The van der Waals surface area contributed by atoms with E-state index < -0.39 is 0 Å². The van der Waals surface area contributed by atoms with Gasteiger partial charge in [-0.3, -0.25) is 4.68 Å². The quantitative estimate of drug-likeness (QED) is 0.515. The molecule has 3 aromatic rings. The summed E-state index contributed by atoms with van der Waals surface area (Å²) >= 11 is 6.76. The van der Waals surface area contributed by atoms with Crippen LogP contribution in [0.3, 0.4) is 0 Å². The topological polar surface area (TPSA) is 58.9 Å². The van der Waals surface area contributed by atoms with Crippen molar-refractivity contribution < 1.29 is 0 Å². The molecule has 2 aromatic heterocycles. The predicted octanol–water partition coefficient (Wildman–Crippen LogP) is 5.84. The minimum Gasteiger partial charge on any atom is -0.321 e. The fourth-order valence-corrected chi connectivity index (χ4v) is 6.79. The molecule has 4 fully saturated rings. The van der Waals surface area contributed by atoms with Crippen LogP contribution in [-0.4, -0.2) is 43.8 Å². The number of aromatic nitrogens is 4. The van der Waals surface area contributed by atoms with Crippen LogP contribution >= 0.6 is 11.6 Å². The van der Waals surface area contributed by atoms with Crippen molar-refractivity contribution in [3.05, 3.63) is 40.8 Å². The van der Waals surface area contributed by atoms with Crippen LogP contribution in [0.1, 0.15) is 68.2 Å². The van der Waals surface area contributed by atoms with Gasteiger partial charge in [-0.15, -0.1) is 0 Å². The third kappa shape index (κ3) is 3.62. The molecule has 3 atom stereocenters. The number of anilines is 2. The Balaban J connectivity index is 1.10. The van der Waals surface area contributed by atoms with Gasteiger partial charge in [0.2, 0.25) is 5.95 Å². The van der Waals surface area contributed by atoms with Gasteiger partial charge in [0.05, 0.1) is 29.1 Å².